The number of hydrogen-bond acceptors (Lipinski definition) is 2. The summed E-state index contributed by atoms with van der Waals surface area (Å²) in [4.78, 5) is 2.76. The van der Waals surface area contributed by atoms with E-state index in [4.69, 9.17) is 0 Å². The lowest BCUT2D eigenvalue weighted by atomic mass is 9.84. The Hall–Kier alpha value is -0.860. The second-order valence-corrected chi connectivity index (χ2v) is 15.1. The molecule has 0 saturated carbocycles. The van der Waals surface area contributed by atoms with Crippen molar-refractivity contribution in [1.82, 2.24) is 0 Å². The molecule has 0 nitrogen and oxygen atoms in total. The smallest absolute Gasteiger partial charge is 0.0435 e. The Morgan fingerprint density at radius 3 is 1.57 bits per heavy atom. The van der Waals surface area contributed by atoms with Crippen molar-refractivity contribution in [3.05, 3.63) is 59.2 Å². The van der Waals surface area contributed by atoms with Crippen molar-refractivity contribution >= 4 is 23.5 Å². The fourth-order valence-electron chi connectivity index (χ4n) is 3.43. The second kappa shape index (κ2) is 8.94. The van der Waals surface area contributed by atoms with Crippen LogP contribution in [0.4, 0.5) is 0 Å². The van der Waals surface area contributed by atoms with Crippen LogP contribution in [-0.2, 0) is 15.6 Å². The first kappa shape index (κ1) is 25.4. The predicted octanol–water partition coefficient (Wildman–Crippen LogP) is 9.59. The van der Waals surface area contributed by atoms with E-state index in [2.05, 4.69) is 119 Å². The van der Waals surface area contributed by atoms with Crippen molar-refractivity contribution in [2.45, 2.75) is 113 Å². The molecule has 0 aliphatic carbocycles. The van der Waals surface area contributed by atoms with Crippen LogP contribution >= 0.6 is 23.5 Å². The summed E-state index contributed by atoms with van der Waals surface area (Å²) in [5.41, 5.74) is 4.62. The molecular weight excluding hydrogens is 400 g/mol. The minimum Gasteiger partial charge on any atom is -0.120 e. The third-order valence-corrected chi connectivity index (χ3v) is 8.22. The van der Waals surface area contributed by atoms with Crippen LogP contribution in [0.1, 0.15) is 99.3 Å². The molecule has 0 fully saturated rings. The van der Waals surface area contributed by atoms with Crippen LogP contribution in [0.3, 0.4) is 0 Å². The first-order chi connectivity index (χ1) is 13.5. The van der Waals surface area contributed by atoms with E-state index in [1.165, 1.54) is 26.5 Å². The molecule has 2 heteroatoms. The van der Waals surface area contributed by atoms with Gasteiger partial charge in [-0.25, -0.2) is 0 Å². The number of thioether (sulfide) groups is 2. The SMILES string of the molecule is CCC(C)(Sc1ccc(C(C)(C)C)cc1)c1cc(C(C)(C)C)ccc1SC(C)(C)C. The zero-order valence-corrected chi connectivity index (χ0v) is 22.7. The van der Waals surface area contributed by atoms with Crippen LogP contribution in [0.2, 0.25) is 0 Å². The zero-order valence-electron chi connectivity index (χ0n) is 21.1. The minimum absolute atomic E-state index is 0.0259. The molecule has 2 aromatic carbocycles. The molecule has 0 heterocycles. The predicted molar refractivity (Wildman–Crippen MR) is 139 cm³/mol. The summed E-state index contributed by atoms with van der Waals surface area (Å²) in [7, 11) is 0. The van der Waals surface area contributed by atoms with Crippen molar-refractivity contribution in [3.63, 3.8) is 0 Å². The van der Waals surface area contributed by atoms with Gasteiger partial charge in [0.2, 0.25) is 0 Å². The molecule has 1 atom stereocenters. The van der Waals surface area contributed by atoms with Gasteiger partial charge in [-0.1, -0.05) is 93.5 Å². The molecule has 0 saturated heterocycles. The Morgan fingerprint density at radius 1 is 0.633 bits per heavy atom. The highest BCUT2D eigenvalue weighted by atomic mass is 32.2. The van der Waals surface area contributed by atoms with Gasteiger partial charge in [0.15, 0.2) is 0 Å². The molecule has 0 N–H and O–H groups in total. The van der Waals surface area contributed by atoms with Gasteiger partial charge in [0, 0.05) is 19.3 Å². The Labute approximate surface area is 195 Å². The monoisotopic (exact) mass is 442 g/mol. The van der Waals surface area contributed by atoms with Gasteiger partial charge in [-0.05, 0) is 59.1 Å². The summed E-state index contributed by atoms with van der Waals surface area (Å²) in [5.74, 6) is 0. The van der Waals surface area contributed by atoms with Gasteiger partial charge in [0.1, 0.15) is 0 Å². The molecule has 0 radical (unpaired) electrons. The van der Waals surface area contributed by atoms with Gasteiger partial charge in [-0.15, -0.1) is 23.5 Å². The van der Waals surface area contributed by atoms with Gasteiger partial charge < -0.3 is 0 Å². The lowest BCUT2D eigenvalue weighted by molar-refractivity contribution is 0.582. The van der Waals surface area contributed by atoms with Crippen LogP contribution in [0.25, 0.3) is 0 Å². The highest BCUT2D eigenvalue weighted by molar-refractivity contribution is 8.01. The van der Waals surface area contributed by atoms with Crippen molar-refractivity contribution in [1.29, 1.82) is 0 Å². The first-order valence-electron chi connectivity index (χ1n) is 11.2. The quantitative estimate of drug-likeness (QED) is 0.423. The summed E-state index contributed by atoms with van der Waals surface area (Å²) in [6, 6.07) is 16.4. The summed E-state index contributed by atoms with van der Waals surface area (Å²) < 4.78 is 0.212. The van der Waals surface area contributed by atoms with E-state index in [-0.39, 0.29) is 20.3 Å². The highest BCUT2D eigenvalue weighted by Gasteiger charge is 2.32. The van der Waals surface area contributed by atoms with E-state index in [0.717, 1.165) is 6.42 Å². The Kier molecular flexibility index (Phi) is 7.57. The van der Waals surface area contributed by atoms with E-state index < -0.39 is 0 Å². The number of benzene rings is 2. The van der Waals surface area contributed by atoms with Gasteiger partial charge in [0.25, 0.3) is 0 Å². The fraction of sp³-hybridized carbons (Fsp3) is 0.571. The number of hydrogen-bond donors (Lipinski definition) is 0. The van der Waals surface area contributed by atoms with Crippen LogP contribution in [-0.4, -0.2) is 4.75 Å². The zero-order chi connectivity index (χ0) is 23.0. The molecule has 166 valence electrons. The van der Waals surface area contributed by atoms with Crippen molar-refractivity contribution < 1.29 is 0 Å². The molecule has 0 spiro atoms. The Bertz CT molecular complexity index is 842. The molecule has 2 aromatic rings. The van der Waals surface area contributed by atoms with E-state index >= 15 is 0 Å². The summed E-state index contributed by atoms with van der Waals surface area (Å²) in [6.45, 7) is 25.4. The van der Waals surface area contributed by atoms with E-state index in [1.54, 1.807) is 0 Å². The van der Waals surface area contributed by atoms with Crippen LogP contribution in [0.5, 0.6) is 0 Å². The first-order valence-corrected chi connectivity index (χ1v) is 12.8. The molecule has 2 rings (SSSR count). The lowest BCUT2D eigenvalue weighted by Crippen LogP contribution is -2.21. The second-order valence-electron chi connectivity index (χ2n) is 11.6. The average molecular weight is 443 g/mol. The summed E-state index contributed by atoms with van der Waals surface area (Å²) in [6.07, 6.45) is 1.09. The van der Waals surface area contributed by atoms with E-state index in [9.17, 15) is 0 Å². The largest absolute Gasteiger partial charge is 0.120 e. The lowest BCUT2D eigenvalue weighted by Gasteiger charge is -2.34. The average Bonchev–Trinajstić information content (AvgIpc) is 2.59. The Morgan fingerprint density at radius 2 is 1.13 bits per heavy atom. The standard InChI is InChI=1S/C28H42S2/c1-12-28(11,29-22-16-13-20(14-17-22)25(2,3)4)23-19-21(26(5,6)7)15-18-24(23)30-27(8,9)10/h13-19H,12H2,1-11H3. The molecule has 0 aromatic heterocycles. The normalized spacial score (nSPS) is 15.2. The summed E-state index contributed by atoms with van der Waals surface area (Å²) in [5, 5.41) is 0. The molecule has 0 aliphatic rings. The van der Waals surface area contributed by atoms with E-state index in [1.807, 2.05) is 23.5 Å². The van der Waals surface area contributed by atoms with Crippen LogP contribution in [0.15, 0.2) is 52.3 Å². The maximum atomic E-state index is 2.48. The molecule has 0 amide bonds. The van der Waals surface area contributed by atoms with Gasteiger partial charge in [-0.3, -0.25) is 0 Å². The minimum atomic E-state index is 0.0259. The molecule has 1 unspecified atom stereocenters. The van der Waals surface area contributed by atoms with Crippen LogP contribution in [0, 0.1) is 0 Å². The molecule has 0 aliphatic heterocycles. The maximum Gasteiger partial charge on any atom is 0.0435 e. The van der Waals surface area contributed by atoms with E-state index in [0.29, 0.717) is 0 Å². The van der Waals surface area contributed by atoms with Gasteiger partial charge >= 0.3 is 0 Å². The maximum absolute atomic E-state index is 2.48. The van der Waals surface area contributed by atoms with Gasteiger partial charge in [0.05, 0.1) is 0 Å². The summed E-state index contributed by atoms with van der Waals surface area (Å²) >= 11 is 4.00. The molecule has 0 bridgehead atoms. The van der Waals surface area contributed by atoms with Crippen molar-refractivity contribution in [2.75, 3.05) is 0 Å². The Balaban J connectivity index is 2.52. The molecule has 30 heavy (non-hydrogen) atoms. The fourth-order valence-corrected chi connectivity index (χ4v) is 5.90. The highest BCUT2D eigenvalue weighted by Crippen LogP contribution is 2.49. The van der Waals surface area contributed by atoms with Crippen molar-refractivity contribution in [2.24, 2.45) is 0 Å². The van der Waals surface area contributed by atoms with Gasteiger partial charge in [-0.2, -0.15) is 0 Å². The topological polar surface area (TPSA) is 0 Å². The molecular formula is C28H42S2. The van der Waals surface area contributed by atoms with Crippen molar-refractivity contribution in [3.8, 4) is 0 Å². The number of rotatable bonds is 5. The third kappa shape index (κ3) is 6.57. The van der Waals surface area contributed by atoms with Crippen LogP contribution < -0.4 is 0 Å². The third-order valence-electron chi connectivity index (χ3n) is 5.57.